The summed E-state index contributed by atoms with van der Waals surface area (Å²) in [6.45, 7) is 4.71. The highest BCUT2D eigenvalue weighted by Crippen LogP contribution is 2.31. The Kier molecular flexibility index (Phi) is 4.70. The molecule has 1 heterocycles. The fourth-order valence-corrected chi connectivity index (χ4v) is 4.05. The average Bonchev–Trinajstić information content (AvgIpc) is 2.82. The largest absolute Gasteiger partial charge is 0.326 e. The number of nitrogens with two attached hydrogens (primary N) is 1. The summed E-state index contributed by atoms with van der Waals surface area (Å²) in [6.07, 6.45) is 6.77. The first-order chi connectivity index (χ1) is 10.2. The van der Waals surface area contributed by atoms with Gasteiger partial charge in [0.05, 0.1) is 7.85 Å². The Morgan fingerprint density at radius 1 is 1.29 bits per heavy atom. The monoisotopic (exact) mass is 282 g/mol. The number of nitrogens with zero attached hydrogens (tertiary/aromatic N) is 1. The molecule has 112 valence electrons. The third kappa shape index (κ3) is 3.35. The number of hydrogen-bond donors (Lipinski definition) is 1. The molecule has 2 nitrogen and oxygen atoms in total. The summed E-state index contributed by atoms with van der Waals surface area (Å²) in [4.78, 5) is 2.61. The van der Waals surface area contributed by atoms with Crippen molar-refractivity contribution in [3.63, 3.8) is 0 Å². The van der Waals surface area contributed by atoms with Gasteiger partial charge in [-0.2, -0.15) is 0 Å². The third-order valence-corrected chi connectivity index (χ3v) is 5.33. The van der Waals surface area contributed by atoms with Crippen molar-refractivity contribution in [3.05, 3.63) is 34.9 Å². The predicted molar refractivity (Wildman–Crippen MR) is 89.8 cm³/mol. The van der Waals surface area contributed by atoms with E-state index in [-0.39, 0.29) is 0 Å². The smallest absolute Gasteiger partial charge is 0.0657 e. The van der Waals surface area contributed by atoms with E-state index >= 15 is 0 Å². The maximum atomic E-state index is 6.20. The van der Waals surface area contributed by atoms with Crippen molar-refractivity contribution < 1.29 is 0 Å². The van der Waals surface area contributed by atoms with Gasteiger partial charge in [-0.15, -0.1) is 0 Å². The second-order valence-electron chi connectivity index (χ2n) is 6.99. The van der Waals surface area contributed by atoms with Gasteiger partial charge in [0.15, 0.2) is 0 Å². The zero-order valence-corrected chi connectivity index (χ0v) is 13.2. The maximum absolute atomic E-state index is 6.20. The van der Waals surface area contributed by atoms with Crippen LogP contribution in [0.15, 0.2) is 18.2 Å². The van der Waals surface area contributed by atoms with E-state index in [2.05, 4.69) is 30.0 Å². The molecule has 2 atom stereocenters. The van der Waals surface area contributed by atoms with Crippen molar-refractivity contribution in [1.29, 1.82) is 0 Å². The molecule has 2 aliphatic rings. The van der Waals surface area contributed by atoms with Gasteiger partial charge in [-0.25, -0.2) is 0 Å². The summed E-state index contributed by atoms with van der Waals surface area (Å²) in [5.41, 5.74) is 10.5. The highest BCUT2D eigenvalue weighted by Gasteiger charge is 2.37. The molecule has 1 saturated heterocycles. The summed E-state index contributed by atoms with van der Waals surface area (Å²) >= 11 is 0. The standard InChI is InChI=1S/C18H27BN2/c1-13-9-14(7-8-19)5-6-16(13)10-15-11-21(12-15)18-4-2-3-17(18)20/h5-6,9,15,17-18H,2-4,7-8,10-12,20H2,1H3. The summed E-state index contributed by atoms with van der Waals surface area (Å²) in [6, 6.07) is 7.95. The van der Waals surface area contributed by atoms with E-state index in [9.17, 15) is 0 Å². The molecule has 1 aliphatic carbocycles. The van der Waals surface area contributed by atoms with Crippen LogP contribution >= 0.6 is 0 Å². The van der Waals surface area contributed by atoms with Gasteiger partial charge in [0.2, 0.25) is 0 Å². The lowest BCUT2D eigenvalue weighted by Crippen LogP contribution is -2.56. The summed E-state index contributed by atoms with van der Waals surface area (Å²) in [7, 11) is 5.63. The van der Waals surface area contributed by atoms with E-state index in [1.54, 1.807) is 0 Å². The Morgan fingerprint density at radius 2 is 2.10 bits per heavy atom. The molecule has 0 spiro atoms. The highest BCUT2D eigenvalue weighted by atomic mass is 15.2. The molecule has 1 aromatic carbocycles. The highest BCUT2D eigenvalue weighted by molar-refractivity contribution is 6.08. The van der Waals surface area contributed by atoms with Crippen molar-refractivity contribution in [1.82, 2.24) is 4.90 Å². The van der Waals surface area contributed by atoms with Crippen molar-refractivity contribution in [2.24, 2.45) is 11.7 Å². The van der Waals surface area contributed by atoms with Gasteiger partial charge < -0.3 is 5.73 Å². The minimum atomic E-state index is 0.420. The van der Waals surface area contributed by atoms with Gasteiger partial charge in [-0.3, -0.25) is 4.90 Å². The van der Waals surface area contributed by atoms with Gasteiger partial charge in [0, 0.05) is 25.2 Å². The minimum Gasteiger partial charge on any atom is -0.326 e. The first-order valence-electron chi connectivity index (χ1n) is 8.45. The molecular formula is C18H27BN2. The molecule has 1 aromatic rings. The molecule has 2 radical (unpaired) electrons. The lowest BCUT2D eigenvalue weighted by molar-refractivity contribution is 0.0488. The van der Waals surface area contributed by atoms with E-state index in [1.807, 2.05) is 0 Å². The first kappa shape index (κ1) is 15.1. The molecule has 1 saturated carbocycles. The Bertz CT molecular complexity index is 482. The van der Waals surface area contributed by atoms with Crippen LogP contribution in [0.5, 0.6) is 0 Å². The Morgan fingerprint density at radius 3 is 2.71 bits per heavy atom. The van der Waals surface area contributed by atoms with Gasteiger partial charge in [0.1, 0.15) is 0 Å². The van der Waals surface area contributed by atoms with E-state index < -0.39 is 0 Å². The first-order valence-corrected chi connectivity index (χ1v) is 8.45. The van der Waals surface area contributed by atoms with Gasteiger partial charge in [-0.1, -0.05) is 30.9 Å². The van der Waals surface area contributed by atoms with Crippen LogP contribution in [-0.2, 0) is 12.8 Å². The van der Waals surface area contributed by atoms with E-state index in [0.717, 1.165) is 18.7 Å². The lowest BCUT2D eigenvalue weighted by atomic mass is 9.87. The molecule has 21 heavy (non-hydrogen) atoms. The van der Waals surface area contributed by atoms with E-state index in [0.29, 0.717) is 12.1 Å². The topological polar surface area (TPSA) is 29.3 Å². The Balaban J connectivity index is 1.52. The average molecular weight is 282 g/mol. The maximum Gasteiger partial charge on any atom is 0.0657 e. The van der Waals surface area contributed by atoms with Crippen LogP contribution < -0.4 is 5.73 Å². The molecule has 2 fully saturated rings. The van der Waals surface area contributed by atoms with Crippen molar-refractivity contribution in [3.8, 4) is 0 Å². The second-order valence-corrected chi connectivity index (χ2v) is 6.99. The van der Waals surface area contributed by atoms with E-state index in [1.165, 1.54) is 55.5 Å². The van der Waals surface area contributed by atoms with Crippen LogP contribution in [0.25, 0.3) is 0 Å². The molecule has 3 heteroatoms. The van der Waals surface area contributed by atoms with Gasteiger partial charge in [-0.05, 0) is 55.2 Å². The third-order valence-electron chi connectivity index (χ3n) is 5.33. The number of aryl methyl sites for hydroxylation is 2. The lowest BCUT2D eigenvalue weighted by Gasteiger charge is -2.45. The summed E-state index contributed by atoms with van der Waals surface area (Å²) < 4.78 is 0. The van der Waals surface area contributed by atoms with Crippen LogP contribution in [0.3, 0.4) is 0 Å². The SMILES string of the molecule is [B]CCc1ccc(CC2CN(C3CCCC3N)C2)c(C)c1. The summed E-state index contributed by atoms with van der Waals surface area (Å²) in [5, 5.41) is 0. The number of hydrogen-bond acceptors (Lipinski definition) is 2. The zero-order chi connectivity index (χ0) is 14.8. The number of likely N-dealkylation sites (tertiary alicyclic amines) is 1. The molecule has 0 aromatic heterocycles. The van der Waals surface area contributed by atoms with Crippen LogP contribution in [0.4, 0.5) is 0 Å². The van der Waals surface area contributed by atoms with Crippen LogP contribution in [-0.4, -0.2) is 37.9 Å². The van der Waals surface area contributed by atoms with E-state index in [4.69, 9.17) is 13.6 Å². The van der Waals surface area contributed by atoms with Crippen molar-refractivity contribution >= 4 is 7.85 Å². The number of rotatable bonds is 5. The quantitative estimate of drug-likeness (QED) is 0.841. The second kappa shape index (κ2) is 6.54. The van der Waals surface area contributed by atoms with Crippen molar-refractivity contribution in [2.45, 2.75) is 57.4 Å². The molecule has 0 bridgehead atoms. The summed E-state index contributed by atoms with van der Waals surface area (Å²) in [5.74, 6) is 0.817. The van der Waals surface area contributed by atoms with Crippen LogP contribution in [0.2, 0.25) is 6.32 Å². The molecule has 1 aliphatic heterocycles. The van der Waals surface area contributed by atoms with Gasteiger partial charge in [0.25, 0.3) is 0 Å². The Hall–Kier alpha value is -0.795. The molecular weight excluding hydrogens is 255 g/mol. The molecule has 2 unspecified atom stereocenters. The zero-order valence-electron chi connectivity index (χ0n) is 13.2. The van der Waals surface area contributed by atoms with Gasteiger partial charge >= 0.3 is 0 Å². The van der Waals surface area contributed by atoms with Crippen LogP contribution in [0.1, 0.15) is 36.0 Å². The molecule has 3 rings (SSSR count). The Labute approximate surface area is 130 Å². The minimum absolute atomic E-state index is 0.420. The number of benzene rings is 1. The fraction of sp³-hybridized carbons (Fsp3) is 0.667. The molecule has 2 N–H and O–H groups in total. The predicted octanol–water partition coefficient (Wildman–Crippen LogP) is 2.48. The fourth-order valence-electron chi connectivity index (χ4n) is 4.05. The van der Waals surface area contributed by atoms with Crippen LogP contribution in [0, 0.1) is 12.8 Å². The normalized spacial score (nSPS) is 27.0. The molecule has 0 amide bonds. The van der Waals surface area contributed by atoms with Crippen molar-refractivity contribution in [2.75, 3.05) is 13.1 Å².